The molecule has 0 aliphatic carbocycles. The first-order chi connectivity index (χ1) is 11.2. The zero-order valence-electron chi connectivity index (χ0n) is 14.3. The predicted octanol–water partition coefficient (Wildman–Crippen LogP) is 1.94. The summed E-state index contributed by atoms with van der Waals surface area (Å²) in [4.78, 5) is 0. The second-order valence-electron chi connectivity index (χ2n) is 5.88. The van der Waals surface area contributed by atoms with E-state index >= 15 is 0 Å². The van der Waals surface area contributed by atoms with Crippen molar-refractivity contribution in [3.8, 4) is 5.75 Å². The number of nitrogens with one attached hydrogen (secondary N) is 1. The molecule has 1 aromatic rings. The average molecular weight is 323 g/mol. The van der Waals surface area contributed by atoms with Gasteiger partial charge in [0.05, 0.1) is 32.0 Å². The standard InChI is InChI=1S/C18H29NO4/c1-4-14(20)12-23-17-11-19-10-16(22-5-2)18(17)13-6-8-15(21-3)9-7-13/h6-9,14,16-20H,4-5,10-12H2,1-3H3. The van der Waals surface area contributed by atoms with E-state index in [4.69, 9.17) is 14.2 Å². The number of hydrogen-bond donors (Lipinski definition) is 2. The Morgan fingerprint density at radius 1 is 1.13 bits per heavy atom. The van der Waals surface area contributed by atoms with E-state index in [-0.39, 0.29) is 18.1 Å². The summed E-state index contributed by atoms with van der Waals surface area (Å²) in [7, 11) is 1.67. The summed E-state index contributed by atoms with van der Waals surface area (Å²) in [6.45, 7) is 6.56. The smallest absolute Gasteiger partial charge is 0.118 e. The largest absolute Gasteiger partial charge is 0.497 e. The zero-order chi connectivity index (χ0) is 16.7. The molecule has 2 N–H and O–H groups in total. The van der Waals surface area contributed by atoms with Crippen LogP contribution < -0.4 is 10.1 Å². The Kier molecular flexibility index (Phi) is 7.30. The molecule has 2 rings (SSSR count). The van der Waals surface area contributed by atoms with Crippen LogP contribution in [0.15, 0.2) is 24.3 Å². The second kappa shape index (κ2) is 9.23. The molecule has 130 valence electrons. The third-order valence-electron chi connectivity index (χ3n) is 4.35. The number of piperidine rings is 1. The fourth-order valence-corrected chi connectivity index (χ4v) is 3.01. The number of methoxy groups -OCH3 is 1. The molecule has 0 bridgehead atoms. The SMILES string of the molecule is CCOC1CNCC(OCC(O)CC)C1c1ccc(OC)cc1. The highest BCUT2D eigenvalue weighted by atomic mass is 16.5. The van der Waals surface area contributed by atoms with Crippen LogP contribution in [0.5, 0.6) is 5.75 Å². The fourth-order valence-electron chi connectivity index (χ4n) is 3.01. The van der Waals surface area contributed by atoms with Crippen molar-refractivity contribution in [2.24, 2.45) is 0 Å². The van der Waals surface area contributed by atoms with Gasteiger partial charge in [0.25, 0.3) is 0 Å². The number of aliphatic hydroxyl groups excluding tert-OH is 1. The second-order valence-corrected chi connectivity index (χ2v) is 5.88. The van der Waals surface area contributed by atoms with Crippen LogP contribution in [0.3, 0.4) is 0 Å². The summed E-state index contributed by atoms with van der Waals surface area (Å²) in [6.07, 6.45) is 0.321. The van der Waals surface area contributed by atoms with Crippen molar-refractivity contribution in [3.63, 3.8) is 0 Å². The van der Waals surface area contributed by atoms with Gasteiger partial charge in [0.15, 0.2) is 0 Å². The molecule has 1 heterocycles. The lowest BCUT2D eigenvalue weighted by Gasteiger charge is -2.39. The minimum atomic E-state index is -0.418. The van der Waals surface area contributed by atoms with E-state index in [1.807, 2.05) is 26.0 Å². The number of benzene rings is 1. The molecule has 0 radical (unpaired) electrons. The van der Waals surface area contributed by atoms with Gasteiger partial charge < -0.3 is 24.6 Å². The summed E-state index contributed by atoms with van der Waals surface area (Å²) in [5, 5.41) is 13.2. The summed E-state index contributed by atoms with van der Waals surface area (Å²) >= 11 is 0. The van der Waals surface area contributed by atoms with Crippen LogP contribution in [0.1, 0.15) is 31.7 Å². The van der Waals surface area contributed by atoms with E-state index < -0.39 is 6.10 Å². The fraction of sp³-hybridized carbons (Fsp3) is 0.667. The molecule has 0 aromatic heterocycles. The van der Waals surface area contributed by atoms with E-state index in [0.717, 1.165) is 18.8 Å². The number of ether oxygens (including phenoxy) is 3. The van der Waals surface area contributed by atoms with Gasteiger partial charge in [-0.1, -0.05) is 19.1 Å². The van der Waals surface area contributed by atoms with E-state index in [0.29, 0.717) is 19.6 Å². The lowest BCUT2D eigenvalue weighted by atomic mass is 9.85. The predicted molar refractivity (Wildman–Crippen MR) is 90.1 cm³/mol. The van der Waals surface area contributed by atoms with Crippen molar-refractivity contribution >= 4 is 0 Å². The molecule has 5 nitrogen and oxygen atoms in total. The lowest BCUT2D eigenvalue weighted by molar-refractivity contribution is -0.0719. The molecule has 4 atom stereocenters. The van der Waals surface area contributed by atoms with Crippen LogP contribution in [0.25, 0.3) is 0 Å². The summed E-state index contributed by atoms with van der Waals surface area (Å²) in [5.41, 5.74) is 1.18. The van der Waals surface area contributed by atoms with Crippen molar-refractivity contribution in [2.75, 3.05) is 33.4 Å². The monoisotopic (exact) mass is 323 g/mol. The molecule has 1 fully saturated rings. The Hall–Kier alpha value is -1.14. The summed E-state index contributed by atoms with van der Waals surface area (Å²) in [6, 6.07) is 8.09. The molecule has 4 unspecified atom stereocenters. The Bertz CT molecular complexity index is 449. The van der Waals surface area contributed by atoms with Gasteiger partial charge in [-0.15, -0.1) is 0 Å². The molecule has 1 aromatic carbocycles. The maximum Gasteiger partial charge on any atom is 0.118 e. The van der Waals surface area contributed by atoms with Crippen LogP contribution in [0.4, 0.5) is 0 Å². The van der Waals surface area contributed by atoms with Gasteiger partial charge in [-0.25, -0.2) is 0 Å². The highest BCUT2D eigenvalue weighted by molar-refractivity contribution is 5.31. The van der Waals surface area contributed by atoms with Gasteiger partial charge in [-0.05, 0) is 31.0 Å². The first-order valence-corrected chi connectivity index (χ1v) is 8.45. The van der Waals surface area contributed by atoms with Crippen molar-refractivity contribution in [3.05, 3.63) is 29.8 Å². The van der Waals surface area contributed by atoms with E-state index in [2.05, 4.69) is 17.4 Å². The number of rotatable bonds is 8. The van der Waals surface area contributed by atoms with Crippen molar-refractivity contribution < 1.29 is 19.3 Å². The molecule has 1 aliphatic heterocycles. The third kappa shape index (κ3) is 4.91. The van der Waals surface area contributed by atoms with E-state index in [1.54, 1.807) is 7.11 Å². The normalized spacial score (nSPS) is 26.0. The summed E-state index contributed by atoms with van der Waals surface area (Å²) in [5.74, 6) is 0.987. The molecular weight excluding hydrogens is 294 g/mol. The van der Waals surface area contributed by atoms with Crippen LogP contribution in [0.2, 0.25) is 0 Å². The average Bonchev–Trinajstić information content (AvgIpc) is 2.60. The molecule has 1 aliphatic rings. The van der Waals surface area contributed by atoms with Gasteiger partial charge in [0.2, 0.25) is 0 Å². The van der Waals surface area contributed by atoms with Gasteiger partial charge in [0, 0.05) is 25.6 Å². The number of aliphatic hydroxyl groups is 1. The van der Waals surface area contributed by atoms with Crippen LogP contribution in [-0.4, -0.2) is 56.8 Å². The van der Waals surface area contributed by atoms with Crippen LogP contribution in [-0.2, 0) is 9.47 Å². The first kappa shape index (κ1) is 18.2. The lowest BCUT2D eigenvalue weighted by Crippen LogP contribution is -2.51. The molecular formula is C18H29NO4. The van der Waals surface area contributed by atoms with Crippen molar-refractivity contribution in [1.29, 1.82) is 0 Å². The van der Waals surface area contributed by atoms with Gasteiger partial charge in [-0.3, -0.25) is 0 Å². The Morgan fingerprint density at radius 3 is 2.35 bits per heavy atom. The maximum atomic E-state index is 9.79. The molecule has 0 spiro atoms. The highest BCUT2D eigenvalue weighted by Crippen LogP contribution is 2.31. The molecule has 1 saturated heterocycles. The molecule has 0 amide bonds. The van der Waals surface area contributed by atoms with E-state index in [9.17, 15) is 5.11 Å². The van der Waals surface area contributed by atoms with Gasteiger partial charge in [0.1, 0.15) is 5.75 Å². The van der Waals surface area contributed by atoms with Crippen molar-refractivity contribution in [2.45, 2.75) is 44.5 Å². The molecule has 5 heteroatoms. The Balaban J connectivity index is 2.16. The zero-order valence-corrected chi connectivity index (χ0v) is 14.3. The minimum absolute atomic E-state index is 0.0186. The summed E-state index contributed by atoms with van der Waals surface area (Å²) < 4.78 is 17.2. The third-order valence-corrected chi connectivity index (χ3v) is 4.35. The van der Waals surface area contributed by atoms with Gasteiger partial charge >= 0.3 is 0 Å². The van der Waals surface area contributed by atoms with Crippen molar-refractivity contribution in [1.82, 2.24) is 5.32 Å². The highest BCUT2D eigenvalue weighted by Gasteiger charge is 2.36. The van der Waals surface area contributed by atoms with Crippen LogP contribution >= 0.6 is 0 Å². The Morgan fingerprint density at radius 2 is 1.78 bits per heavy atom. The Labute approximate surface area is 138 Å². The minimum Gasteiger partial charge on any atom is -0.497 e. The maximum absolute atomic E-state index is 9.79. The quantitative estimate of drug-likeness (QED) is 0.766. The van der Waals surface area contributed by atoms with E-state index in [1.165, 1.54) is 5.56 Å². The topological polar surface area (TPSA) is 60.0 Å². The molecule has 23 heavy (non-hydrogen) atoms. The van der Waals surface area contributed by atoms with Crippen LogP contribution in [0, 0.1) is 0 Å². The first-order valence-electron chi connectivity index (χ1n) is 8.45. The number of hydrogen-bond acceptors (Lipinski definition) is 5. The van der Waals surface area contributed by atoms with Gasteiger partial charge in [-0.2, -0.15) is 0 Å². The molecule has 0 saturated carbocycles.